The Hall–Kier alpha value is -1.18. The summed E-state index contributed by atoms with van der Waals surface area (Å²) in [6.45, 7) is 4.55. The predicted octanol–water partition coefficient (Wildman–Crippen LogP) is -0.933. The summed E-state index contributed by atoms with van der Waals surface area (Å²) in [5.74, 6) is -0.960. The van der Waals surface area contributed by atoms with Crippen LogP contribution in [0.25, 0.3) is 0 Å². The lowest BCUT2D eigenvalue weighted by Crippen LogP contribution is -2.64. The molecule has 0 aromatic heterocycles. The topological polar surface area (TPSA) is 88.1 Å². The predicted molar refractivity (Wildman–Crippen MR) is 65.8 cm³/mol. The van der Waals surface area contributed by atoms with E-state index in [1.165, 1.54) is 0 Å². The number of carboxylic acid groups (broad SMARTS) is 1. The van der Waals surface area contributed by atoms with E-state index in [0.717, 1.165) is 6.54 Å². The van der Waals surface area contributed by atoms with Crippen molar-refractivity contribution in [3.8, 4) is 0 Å². The first-order chi connectivity index (χ1) is 8.98. The van der Waals surface area contributed by atoms with E-state index in [0.29, 0.717) is 32.7 Å². The van der Waals surface area contributed by atoms with Crippen molar-refractivity contribution in [2.75, 3.05) is 39.4 Å². The van der Waals surface area contributed by atoms with Crippen LogP contribution in [0.15, 0.2) is 0 Å². The molecule has 7 heteroatoms. The first-order valence-electron chi connectivity index (χ1n) is 6.44. The van der Waals surface area contributed by atoms with E-state index in [2.05, 4.69) is 5.32 Å². The van der Waals surface area contributed by atoms with Gasteiger partial charge < -0.3 is 24.8 Å². The number of rotatable bonds is 5. The Labute approximate surface area is 111 Å². The van der Waals surface area contributed by atoms with Gasteiger partial charge in [-0.2, -0.15) is 0 Å². The van der Waals surface area contributed by atoms with Crippen LogP contribution in [0.4, 0.5) is 0 Å². The highest BCUT2D eigenvalue weighted by Gasteiger charge is 2.43. The summed E-state index contributed by atoms with van der Waals surface area (Å²) in [5, 5.41) is 11.7. The summed E-state index contributed by atoms with van der Waals surface area (Å²) in [7, 11) is 0. The van der Waals surface area contributed by atoms with Gasteiger partial charge in [-0.3, -0.25) is 4.79 Å². The molecule has 2 aliphatic rings. The minimum Gasteiger partial charge on any atom is -0.480 e. The van der Waals surface area contributed by atoms with Gasteiger partial charge >= 0.3 is 5.97 Å². The van der Waals surface area contributed by atoms with Crippen LogP contribution in [-0.2, 0) is 19.1 Å². The van der Waals surface area contributed by atoms with Gasteiger partial charge in [0.2, 0.25) is 5.91 Å². The molecule has 0 aromatic carbocycles. The van der Waals surface area contributed by atoms with E-state index < -0.39 is 11.6 Å². The van der Waals surface area contributed by atoms with Gasteiger partial charge in [0.05, 0.1) is 32.2 Å². The second kappa shape index (κ2) is 5.85. The molecule has 1 atom stereocenters. The van der Waals surface area contributed by atoms with Crippen molar-refractivity contribution < 1.29 is 24.2 Å². The Morgan fingerprint density at radius 3 is 2.84 bits per heavy atom. The first kappa shape index (κ1) is 14.2. The smallest absolute Gasteiger partial charge is 0.329 e. The molecule has 0 spiro atoms. The number of carbonyl (C=O) groups is 2. The highest BCUT2D eigenvalue weighted by molar-refractivity contribution is 5.78. The average molecular weight is 272 g/mol. The molecule has 2 N–H and O–H groups in total. The van der Waals surface area contributed by atoms with E-state index in [1.54, 1.807) is 4.90 Å². The lowest BCUT2D eigenvalue weighted by Gasteiger charge is -2.47. The molecule has 2 saturated heterocycles. The van der Waals surface area contributed by atoms with Crippen LogP contribution >= 0.6 is 0 Å². The van der Waals surface area contributed by atoms with Gasteiger partial charge in [0.25, 0.3) is 0 Å². The van der Waals surface area contributed by atoms with Crippen LogP contribution in [0.1, 0.15) is 13.3 Å². The van der Waals surface area contributed by atoms with Crippen LogP contribution in [-0.4, -0.2) is 73.0 Å². The van der Waals surface area contributed by atoms with Crippen LogP contribution in [0.2, 0.25) is 0 Å². The zero-order valence-corrected chi connectivity index (χ0v) is 11.1. The number of carboxylic acids is 1. The number of morpholine rings is 1. The maximum absolute atomic E-state index is 12.0. The van der Waals surface area contributed by atoms with Crippen molar-refractivity contribution in [2.45, 2.75) is 25.0 Å². The summed E-state index contributed by atoms with van der Waals surface area (Å²) >= 11 is 0. The molecule has 0 aromatic rings. The number of hydrogen-bond donors (Lipinski definition) is 2. The third-order valence-electron chi connectivity index (χ3n) is 3.35. The minimum absolute atomic E-state index is 0.0325. The zero-order chi connectivity index (χ0) is 13.9. The largest absolute Gasteiger partial charge is 0.480 e. The number of carbonyl (C=O) groups excluding carboxylic acids is 1. The van der Waals surface area contributed by atoms with Crippen LogP contribution < -0.4 is 5.32 Å². The standard InChI is InChI=1S/C12H20N2O5/c1-12(19-6-11(16)17)7-14(8-12)10(15)4-9-5-13-2-3-18-9/h9,13H,2-8H2,1H3,(H,16,17). The zero-order valence-electron chi connectivity index (χ0n) is 11.1. The van der Waals surface area contributed by atoms with Crippen LogP contribution in [0.3, 0.4) is 0 Å². The molecule has 0 bridgehead atoms. The summed E-state index contributed by atoms with van der Waals surface area (Å²) in [6, 6.07) is 0. The van der Waals surface area contributed by atoms with Gasteiger partial charge in [0.15, 0.2) is 0 Å². The molecule has 2 heterocycles. The number of nitrogens with zero attached hydrogens (tertiary/aromatic N) is 1. The molecule has 0 radical (unpaired) electrons. The summed E-state index contributed by atoms with van der Waals surface area (Å²) in [4.78, 5) is 24.1. The summed E-state index contributed by atoms with van der Waals surface area (Å²) < 4.78 is 10.7. The number of likely N-dealkylation sites (tertiary alicyclic amines) is 1. The number of ether oxygens (including phenoxy) is 2. The van der Waals surface area contributed by atoms with E-state index in [1.807, 2.05) is 6.92 Å². The quantitative estimate of drug-likeness (QED) is 0.672. The van der Waals surface area contributed by atoms with Gasteiger partial charge in [-0.15, -0.1) is 0 Å². The highest BCUT2D eigenvalue weighted by Crippen LogP contribution is 2.25. The second-order valence-corrected chi connectivity index (χ2v) is 5.28. The lowest BCUT2D eigenvalue weighted by atomic mass is 9.95. The molecule has 2 fully saturated rings. The van der Waals surface area contributed by atoms with E-state index in [9.17, 15) is 9.59 Å². The molecule has 0 saturated carbocycles. The van der Waals surface area contributed by atoms with Crippen molar-refractivity contribution in [1.82, 2.24) is 10.2 Å². The van der Waals surface area contributed by atoms with Crippen molar-refractivity contribution in [3.63, 3.8) is 0 Å². The van der Waals surface area contributed by atoms with E-state index in [4.69, 9.17) is 14.6 Å². The Balaban J connectivity index is 1.70. The molecular weight excluding hydrogens is 252 g/mol. The van der Waals surface area contributed by atoms with Crippen LogP contribution in [0.5, 0.6) is 0 Å². The van der Waals surface area contributed by atoms with Crippen molar-refractivity contribution in [3.05, 3.63) is 0 Å². The normalized spacial score (nSPS) is 25.7. The van der Waals surface area contributed by atoms with Gasteiger partial charge in [-0.25, -0.2) is 4.79 Å². The van der Waals surface area contributed by atoms with Gasteiger partial charge in [-0.05, 0) is 6.92 Å². The van der Waals surface area contributed by atoms with E-state index >= 15 is 0 Å². The maximum Gasteiger partial charge on any atom is 0.329 e. The molecule has 1 unspecified atom stereocenters. The Morgan fingerprint density at radius 1 is 1.53 bits per heavy atom. The highest BCUT2D eigenvalue weighted by atomic mass is 16.5. The maximum atomic E-state index is 12.0. The molecule has 2 aliphatic heterocycles. The number of nitrogens with one attached hydrogen (secondary N) is 1. The number of hydrogen-bond acceptors (Lipinski definition) is 5. The molecule has 1 amide bonds. The van der Waals surface area contributed by atoms with E-state index in [-0.39, 0.29) is 18.6 Å². The number of aliphatic carboxylic acids is 1. The van der Waals surface area contributed by atoms with Gasteiger partial charge in [0, 0.05) is 13.1 Å². The molecule has 108 valence electrons. The lowest BCUT2D eigenvalue weighted by molar-refractivity contribution is -0.174. The summed E-state index contributed by atoms with van der Waals surface area (Å²) in [5.41, 5.74) is -0.528. The Bertz CT molecular complexity index is 348. The van der Waals surface area contributed by atoms with Crippen molar-refractivity contribution >= 4 is 11.9 Å². The fourth-order valence-electron chi connectivity index (χ4n) is 2.34. The average Bonchev–Trinajstić information content (AvgIpc) is 2.34. The first-order valence-corrected chi connectivity index (χ1v) is 6.44. The third kappa shape index (κ3) is 3.89. The van der Waals surface area contributed by atoms with Crippen molar-refractivity contribution in [2.24, 2.45) is 0 Å². The SMILES string of the molecule is CC1(OCC(=O)O)CN(C(=O)CC2CNCCO2)C1. The Kier molecular flexibility index (Phi) is 4.38. The minimum atomic E-state index is -0.993. The molecule has 19 heavy (non-hydrogen) atoms. The number of amides is 1. The van der Waals surface area contributed by atoms with Gasteiger partial charge in [0.1, 0.15) is 12.2 Å². The molecule has 0 aliphatic carbocycles. The van der Waals surface area contributed by atoms with Gasteiger partial charge in [-0.1, -0.05) is 0 Å². The Morgan fingerprint density at radius 2 is 2.26 bits per heavy atom. The van der Waals surface area contributed by atoms with Crippen molar-refractivity contribution in [1.29, 1.82) is 0 Å². The molecular formula is C12H20N2O5. The molecule has 7 nitrogen and oxygen atoms in total. The molecule has 2 rings (SSSR count). The van der Waals surface area contributed by atoms with Crippen LogP contribution in [0, 0.1) is 0 Å². The third-order valence-corrected chi connectivity index (χ3v) is 3.35. The summed E-state index contributed by atoms with van der Waals surface area (Å²) in [6.07, 6.45) is 0.301. The monoisotopic (exact) mass is 272 g/mol. The fourth-order valence-corrected chi connectivity index (χ4v) is 2.34. The second-order valence-electron chi connectivity index (χ2n) is 5.28. The fraction of sp³-hybridized carbons (Fsp3) is 0.833.